The molecule has 4 nitrogen and oxygen atoms in total. The smallest absolute Gasteiger partial charge is 0.244 e. The Bertz CT molecular complexity index is 421. The lowest BCUT2D eigenvalue weighted by Crippen LogP contribution is -2.44. The fourth-order valence-electron chi connectivity index (χ4n) is 2.40. The Morgan fingerprint density at radius 2 is 1.95 bits per heavy atom. The lowest BCUT2D eigenvalue weighted by molar-refractivity contribution is -0.120. The SMILES string of the molecule is CC.CNC1CCCCN(c2ccccc2OC)C1=O. The average Bonchev–Trinajstić information content (AvgIpc) is 2.70. The molecule has 0 spiro atoms. The maximum Gasteiger partial charge on any atom is 0.244 e. The molecule has 1 heterocycles. The third kappa shape index (κ3) is 3.73. The number of carbonyl (C=O) groups is 1. The van der Waals surface area contributed by atoms with Gasteiger partial charge in [-0.3, -0.25) is 4.79 Å². The number of anilines is 1. The van der Waals surface area contributed by atoms with E-state index in [2.05, 4.69) is 5.32 Å². The standard InChI is InChI=1S/C14H20N2O2.C2H6/c1-15-11-7-5-6-10-16(14(11)17)12-8-3-4-9-13(12)18-2;1-2/h3-4,8-9,11,15H,5-7,10H2,1-2H3;1-2H3. The number of carbonyl (C=O) groups excluding carboxylic acids is 1. The minimum absolute atomic E-state index is 0.0857. The zero-order valence-electron chi connectivity index (χ0n) is 13.0. The first-order valence-electron chi connectivity index (χ1n) is 7.39. The van der Waals surface area contributed by atoms with Gasteiger partial charge in [0.05, 0.1) is 18.8 Å². The summed E-state index contributed by atoms with van der Waals surface area (Å²) in [7, 11) is 3.48. The van der Waals surface area contributed by atoms with Gasteiger partial charge in [0.15, 0.2) is 0 Å². The van der Waals surface area contributed by atoms with Gasteiger partial charge in [-0.1, -0.05) is 26.0 Å². The van der Waals surface area contributed by atoms with Crippen molar-refractivity contribution in [2.75, 3.05) is 25.6 Å². The highest BCUT2D eigenvalue weighted by molar-refractivity contribution is 5.98. The molecule has 112 valence electrons. The van der Waals surface area contributed by atoms with Gasteiger partial charge < -0.3 is 15.0 Å². The Morgan fingerprint density at radius 3 is 2.60 bits per heavy atom. The molecule has 4 heteroatoms. The molecule has 1 unspecified atom stereocenters. The molecule has 1 N–H and O–H groups in total. The summed E-state index contributed by atoms with van der Waals surface area (Å²) < 4.78 is 5.34. The van der Waals surface area contributed by atoms with Gasteiger partial charge in [-0.2, -0.15) is 0 Å². The number of para-hydroxylation sites is 2. The highest BCUT2D eigenvalue weighted by atomic mass is 16.5. The van der Waals surface area contributed by atoms with Crippen LogP contribution in [0.5, 0.6) is 5.75 Å². The van der Waals surface area contributed by atoms with E-state index in [1.807, 2.05) is 50.1 Å². The van der Waals surface area contributed by atoms with Crippen molar-refractivity contribution in [1.82, 2.24) is 5.32 Å². The molecular formula is C16H26N2O2. The zero-order chi connectivity index (χ0) is 15.0. The van der Waals surface area contributed by atoms with Crippen LogP contribution in [0.2, 0.25) is 0 Å². The molecule has 0 radical (unpaired) electrons. The molecule has 1 aromatic carbocycles. The van der Waals surface area contributed by atoms with E-state index in [4.69, 9.17) is 4.74 Å². The second-order valence-electron chi connectivity index (χ2n) is 4.50. The van der Waals surface area contributed by atoms with Crippen LogP contribution < -0.4 is 15.0 Å². The van der Waals surface area contributed by atoms with E-state index in [0.717, 1.165) is 37.2 Å². The zero-order valence-corrected chi connectivity index (χ0v) is 13.0. The van der Waals surface area contributed by atoms with Crippen molar-refractivity contribution in [3.63, 3.8) is 0 Å². The van der Waals surface area contributed by atoms with Crippen molar-refractivity contribution >= 4 is 11.6 Å². The van der Waals surface area contributed by atoms with Crippen LogP contribution >= 0.6 is 0 Å². The van der Waals surface area contributed by atoms with Crippen LogP contribution in [-0.4, -0.2) is 32.7 Å². The summed E-state index contributed by atoms with van der Waals surface area (Å²) in [6.07, 6.45) is 3.01. The predicted molar refractivity (Wildman–Crippen MR) is 83.4 cm³/mol. The number of methoxy groups -OCH3 is 1. The van der Waals surface area contributed by atoms with Crippen LogP contribution in [0.4, 0.5) is 5.69 Å². The van der Waals surface area contributed by atoms with E-state index in [1.54, 1.807) is 7.11 Å². The Hall–Kier alpha value is -1.55. The highest BCUT2D eigenvalue weighted by Gasteiger charge is 2.28. The number of nitrogens with zero attached hydrogens (tertiary/aromatic N) is 1. The van der Waals surface area contributed by atoms with E-state index < -0.39 is 0 Å². The Kier molecular flexibility index (Phi) is 7.09. The molecule has 20 heavy (non-hydrogen) atoms. The Balaban J connectivity index is 0.000000956. The number of benzene rings is 1. The van der Waals surface area contributed by atoms with Crippen molar-refractivity contribution in [3.05, 3.63) is 24.3 Å². The minimum atomic E-state index is -0.0857. The van der Waals surface area contributed by atoms with Gasteiger partial charge in [0.2, 0.25) is 5.91 Å². The lowest BCUT2D eigenvalue weighted by Gasteiger charge is -2.25. The third-order valence-electron chi connectivity index (χ3n) is 3.41. The fourth-order valence-corrected chi connectivity index (χ4v) is 2.40. The largest absolute Gasteiger partial charge is 0.495 e. The molecular weight excluding hydrogens is 252 g/mol. The van der Waals surface area contributed by atoms with Gasteiger partial charge in [-0.05, 0) is 38.4 Å². The minimum Gasteiger partial charge on any atom is -0.495 e. The van der Waals surface area contributed by atoms with Crippen molar-refractivity contribution in [3.8, 4) is 5.75 Å². The van der Waals surface area contributed by atoms with E-state index >= 15 is 0 Å². The average molecular weight is 278 g/mol. The number of ether oxygens (including phenoxy) is 1. The highest BCUT2D eigenvalue weighted by Crippen LogP contribution is 2.30. The van der Waals surface area contributed by atoms with Crippen LogP contribution in [-0.2, 0) is 4.79 Å². The molecule has 1 aromatic rings. The van der Waals surface area contributed by atoms with Gasteiger partial charge in [-0.15, -0.1) is 0 Å². The van der Waals surface area contributed by atoms with Crippen LogP contribution in [0.15, 0.2) is 24.3 Å². The van der Waals surface area contributed by atoms with E-state index in [-0.39, 0.29) is 11.9 Å². The number of hydrogen-bond donors (Lipinski definition) is 1. The molecule has 1 fully saturated rings. The van der Waals surface area contributed by atoms with Crippen LogP contribution in [0.3, 0.4) is 0 Å². The summed E-state index contributed by atoms with van der Waals surface area (Å²) in [5, 5.41) is 3.10. The van der Waals surface area contributed by atoms with E-state index in [1.165, 1.54) is 0 Å². The molecule has 2 rings (SSSR count). The quantitative estimate of drug-likeness (QED) is 0.924. The first-order valence-corrected chi connectivity index (χ1v) is 7.39. The topological polar surface area (TPSA) is 41.6 Å². The van der Waals surface area contributed by atoms with Gasteiger partial charge in [0.1, 0.15) is 5.75 Å². The maximum atomic E-state index is 12.5. The molecule has 1 aliphatic rings. The number of rotatable bonds is 3. The van der Waals surface area contributed by atoms with Crippen molar-refractivity contribution < 1.29 is 9.53 Å². The van der Waals surface area contributed by atoms with Gasteiger partial charge in [0, 0.05) is 6.54 Å². The third-order valence-corrected chi connectivity index (χ3v) is 3.41. The number of amides is 1. The number of likely N-dealkylation sites (N-methyl/N-ethyl adjacent to an activating group) is 1. The summed E-state index contributed by atoms with van der Waals surface area (Å²) in [6, 6.07) is 7.60. The summed E-state index contributed by atoms with van der Waals surface area (Å²) in [5.74, 6) is 0.891. The van der Waals surface area contributed by atoms with E-state index in [9.17, 15) is 4.79 Å². The van der Waals surface area contributed by atoms with Crippen LogP contribution in [0.1, 0.15) is 33.1 Å². The van der Waals surface area contributed by atoms with Crippen LogP contribution in [0.25, 0.3) is 0 Å². The molecule has 0 bridgehead atoms. The monoisotopic (exact) mass is 278 g/mol. The fraction of sp³-hybridized carbons (Fsp3) is 0.562. The molecule has 1 aliphatic heterocycles. The van der Waals surface area contributed by atoms with Crippen LogP contribution in [0, 0.1) is 0 Å². The second-order valence-corrected chi connectivity index (χ2v) is 4.50. The van der Waals surface area contributed by atoms with Gasteiger partial charge in [-0.25, -0.2) is 0 Å². The Morgan fingerprint density at radius 1 is 1.25 bits per heavy atom. The predicted octanol–water partition coefficient (Wildman–Crippen LogP) is 2.83. The summed E-state index contributed by atoms with van der Waals surface area (Å²) in [6.45, 7) is 4.76. The first kappa shape index (κ1) is 16.5. The molecule has 0 aromatic heterocycles. The number of nitrogens with one attached hydrogen (secondary N) is 1. The van der Waals surface area contributed by atoms with Crippen molar-refractivity contribution in [1.29, 1.82) is 0 Å². The molecule has 0 aliphatic carbocycles. The second kappa shape index (κ2) is 8.59. The Labute approximate surface area is 122 Å². The van der Waals surface area contributed by atoms with Crippen molar-refractivity contribution in [2.45, 2.75) is 39.2 Å². The summed E-state index contributed by atoms with van der Waals surface area (Å²) in [4.78, 5) is 14.3. The number of hydrogen-bond acceptors (Lipinski definition) is 3. The maximum absolute atomic E-state index is 12.5. The summed E-state index contributed by atoms with van der Waals surface area (Å²) in [5.41, 5.74) is 0.868. The van der Waals surface area contributed by atoms with Gasteiger partial charge >= 0.3 is 0 Å². The molecule has 1 saturated heterocycles. The summed E-state index contributed by atoms with van der Waals surface area (Å²) >= 11 is 0. The van der Waals surface area contributed by atoms with Gasteiger partial charge in [0.25, 0.3) is 0 Å². The first-order chi connectivity index (χ1) is 9.77. The lowest BCUT2D eigenvalue weighted by atomic mass is 10.1. The van der Waals surface area contributed by atoms with Crippen molar-refractivity contribution in [2.24, 2.45) is 0 Å². The normalized spacial score (nSPS) is 18.9. The molecule has 1 amide bonds. The molecule has 0 saturated carbocycles. The molecule has 1 atom stereocenters. The van der Waals surface area contributed by atoms with E-state index in [0.29, 0.717) is 0 Å².